The Hall–Kier alpha value is -3.53. The minimum absolute atomic E-state index is 0.0244. The zero-order valence-electron chi connectivity index (χ0n) is 21.1. The molecule has 0 heterocycles. The lowest BCUT2D eigenvalue weighted by atomic mass is 9.91. The maximum Gasteiger partial charge on any atom is 0.435 e. The average molecular weight is 711 g/mol. The van der Waals surface area contributed by atoms with E-state index in [0.29, 0.717) is 0 Å². The molecule has 0 unspecified atom stereocenters. The van der Waals surface area contributed by atoms with Crippen molar-refractivity contribution in [2.45, 2.75) is 31.1 Å². The summed E-state index contributed by atoms with van der Waals surface area (Å²) in [6.45, 7) is -3.80. The topological polar surface area (TPSA) is 64.6 Å². The molecule has 0 aliphatic rings. The highest BCUT2D eigenvalue weighted by Crippen LogP contribution is 2.54. The first-order valence-electron chi connectivity index (χ1n) is 11.4. The van der Waals surface area contributed by atoms with Crippen LogP contribution < -0.4 is 14.8 Å². The number of alkyl halides is 9. The molecule has 232 valence electrons. The lowest BCUT2D eigenvalue weighted by Crippen LogP contribution is -2.50. The predicted octanol–water partition coefficient (Wildman–Crippen LogP) is 8.82. The number of hydrogen-bond acceptors (Lipinski definition) is 4. The highest BCUT2D eigenvalue weighted by molar-refractivity contribution is 9.10. The van der Waals surface area contributed by atoms with E-state index in [4.69, 9.17) is 16.3 Å². The maximum atomic E-state index is 14.6. The molecule has 0 aromatic heterocycles. The average Bonchev–Trinajstić information content (AvgIpc) is 2.89. The Morgan fingerprint density at radius 1 is 0.953 bits per heavy atom. The van der Waals surface area contributed by atoms with Crippen LogP contribution in [0.15, 0.2) is 53.0 Å². The molecule has 0 aliphatic heterocycles. The second-order valence-corrected chi connectivity index (χ2v) is 9.82. The van der Waals surface area contributed by atoms with Gasteiger partial charge in [-0.3, -0.25) is 9.59 Å². The summed E-state index contributed by atoms with van der Waals surface area (Å²) in [6, 6.07) is 6.52. The van der Waals surface area contributed by atoms with Crippen LogP contribution in [-0.2, 0) is 12.1 Å². The van der Waals surface area contributed by atoms with Gasteiger partial charge in [-0.15, -0.1) is 0 Å². The Labute approximate surface area is 248 Å². The van der Waals surface area contributed by atoms with Gasteiger partial charge >= 0.3 is 24.6 Å². The lowest BCUT2D eigenvalue weighted by Gasteiger charge is -2.31. The van der Waals surface area contributed by atoms with Crippen LogP contribution in [0.1, 0.15) is 31.8 Å². The number of halogens is 12. The van der Waals surface area contributed by atoms with E-state index in [9.17, 15) is 53.5 Å². The normalized spacial score (nSPS) is 12.3. The molecule has 3 aromatic carbocycles. The molecule has 5 nitrogen and oxygen atoms in total. The molecular formula is C26H15BrClF10NO4. The fourth-order valence-electron chi connectivity index (χ4n) is 3.86. The molecule has 0 aliphatic carbocycles. The van der Waals surface area contributed by atoms with Crippen molar-refractivity contribution in [3.8, 4) is 11.5 Å². The van der Waals surface area contributed by atoms with Gasteiger partial charge in [0.25, 0.3) is 5.91 Å². The summed E-state index contributed by atoms with van der Waals surface area (Å²) in [5.41, 5.74) is -9.81. The van der Waals surface area contributed by atoms with Gasteiger partial charge in [0.1, 0.15) is 11.6 Å². The van der Waals surface area contributed by atoms with Gasteiger partial charge in [0.05, 0.1) is 23.9 Å². The number of ketones is 1. The molecule has 1 amide bonds. The van der Waals surface area contributed by atoms with Crippen LogP contribution in [0.2, 0.25) is 5.02 Å². The Morgan fingerprint density at radius 3 is 2.14 bits per heavy atom. The molecule has 0 saturated heterocycles. The van der Waals surface area contributed by atoms with Crippen molar-refractivity contribution < 1.29 is 63.0 Å². The summed E-state index contributed by atoms with van der Waals surface area (Å²) >= 11 is 8.42. The minimum atomic E-state index is -6.56. The zero-order chi connectivity index (χ0) is 32.5. The molecule has 0 saturated carbocycles. The summed E-state index contributed by atoms with van der Waals surface area (Å²) < 4.78 is 143. The number of carbonyl (C=O) groups is 2. The van der Waals surface area contributed by atoms with E-state index in [0.717, 1.165) is 25.3 Å². The van der Waals surface area contributed by atoms with E-state index in [-0.39, 0.29) is 34.2 Å². The number of methoxy groups -OCH3 is 1. The Balaban J connectivity index is 2.06. The van der Waals surface area contributed by atoms with E-state index >= 15 is 0 Å². The molecule has 0 radical (unpaired) electrons. The van der Waals surface area contributed by atoms with Gasteiger partial charge in [0.15, 0.2) is 11.5 Å². The van der Waals surface area contributed by atoms with Crippen LogP contribution in [0.4, 0.5) is 49.6 Å². The van der Waals surface area contributed by atoms with Gasteiger partial charge in [-0.05, 0) is 42.5 Å². The standard InChI is InChI=1S/C26H15BrClF10NO4/c1-42-21-13(3-2-4-18(21)39-22(41)15-9-12(28)5-6-17(15)29)19(40)10-14-16(27)7-11(8-20(14)43-23(30)31)24(32,25(33,34)35)26(36,37)38/h2-9,23H,10H2,1H3,(H,39,41). The number of para-hydroxylation sites is 1. The number of hydrogen-bond donors (Lipinski definition) is 1. The van der Waals surface area contributed by atoms with Crippen molar-refractivity contribution in [3.63, 3.8) is 0 Å². The fourth-order valence-corrected chi connectivity index (χ4v) is 4.62. The van der Waals surface area contributed by atoms with Crippen LogP contribution in [0.5, 0.6) is 11.5 Å². The van der Waals surface area contributed by atoms with Gasteiger partial charge in [-0.2, -0.15) is 35.1 Å². The van der Waals surface area contributed by atoms with Crippen molar-refractivity contribution in [1.82, 2.24) is 0 Å². The smallest absolute Gasteiger partial charge is 0.435 e. The van der Waals surface area contributed by atoms with Crippen molar-refractivity contribution in [1.29, 1.82) is 0 Å². The first kappa shape index (κ1) is 34.0. The summed E-state index contributed by atoms with van der Waals surface area (Å²) in [4.78, 5) is 25.9. The second-order valence-electron chi connectivity index (χ2n) is 8.53. The lowest BCUT2D eigenvalue weighted by molar-refractivity contribution is -0.348. The molecule has 1 N–H and O–H groups in total. The second kappa shape index (κ2) is 12.6. The first-order chi connectivity index (χ1) is 19.8. The van der Waals surface area contributed by atoms with Crippen LogP contribution in [-0.4, -0.2) is 37.8 Å². The molecule has 0 spiro atoms. The van der Waals surface area contributed by atoms with Crippen LogP contribution in [0, 0.1) is 5.82 Å². The van der Waals surface area contributed by atoms with Gasteiger partial charge in [-0.25, -0.2) is 8.78 Å². The van der Waals surface area contributed by atoms with Crippen LogP contribution in [0.3, 0.4) is 0 Å². The van der Waals surface area contributed by atoms with Crippen molar-refractivity contribution in [3.05, 3.63) is 86.1 Å². The molecule has 17 heteroatoms. The summed E-state index contributed by atoms with van der Waals surface area (Å²) in [5, 5.41) is 2.33. The van der Waals surface area contributed by atoms with Crippen molar-refractivity contribution in [2.75, 3.05) is 12.4 Å². The van der Waals surface area contributed by atoms with E-state index in [1.165, 1.54) is 18.2 Å². The molecule has 0 atom stereocenters. The first-order valence-corrected chi connectivity index (χ1v) is 12.6. The van der Waals surface area contributed by atoms with Gasteiger partial charge in [0.2, 0.25) is 0 Å². The monoisotopic (exact) mass is 709 g/mol. The van der Waals surface area contributed by atoms with Crippen LogP contribution in [0.25, 0.3) is 0 Å². The third kappa shape index (κ3) is 7.00. The van der Waals surface area contributed by atoms with Gasteiger partial charge < -0.3 is 14.8 Å². The number of benzene rings is 3. The quantitative estimate of drug-likeness (QED) is 0.178. The third-order valence-corrected chi connectivity index (χ3v) is 6.77. The number of carbonyl (C=O) groups excluding carboxylic acids is 2. The number of nitrogens with one attached hydrogen (secondary N) is 1. The number of rotatable bonds is 9. The molecular weight excluding hydrogens is 696 g/mol. The Kier molecular flexibility index (Phi) is 9.95. The molecule has 0 fully saturated rings. The van der Waals surface area contributed by atoms with E-state index in [1.807, 2.05) is 0 Å². The van der Waals surface area contributed by atoms with Gasteiger partial charge in [0, 0.05) is 27.0 Å². The number of amides is 1. The third-order valence-electron chi connectivity index (χ3n) is 5.83. The molecule has 3 rings (SSSR count). The van der Waals surface area contributed by atoms with Crippen LogP contribution >= 0.6 is 27.5 Å². The van der Waals surface area contributed by atoms with Gasteiger partial charge in [-0.1, -0.05) is 33.6 Å². The molecule has 3 aromatic rings. The Morgan fingerprint density at radius 2 is 1.58 bits per heavy atom. The minimum Gasteiger partial charge on any atom is -0.494 e. The molecule has 43 heavy (non-hydrogen) atoms. The molecule has 0 bridgehead atoms. The maximum absolute atomic E-state index is 14.6. The highest BCUT2D eigenvalue weighted by atomic mass is 79.9. The summed E-state index contributed by atoms with van der Waals surface area (Å²) in [7, 11) is 1.06. The Bertz CT molecular complexity index is 1530. The summed E-state index contributed by atoms with van der Waals surface area (Å²) in [6.07, 6.45) is -14.1. The number of anilines is 1. The predicted molar refractivity (Wildman–Crippen MR) is 136 cm³/mol. The van der Waals surface area contributed by atoms with Crippen molar-refractivity contribution in [2.24, 2.45) is 0 Å². The van der Waals surface area contributed by atoms with E-state index in [2.05, 4.69) is 26.0 Å². The SMILES string of the molecule is COc1c(NC(=O)c2cc(Cl)ccc2F)cccc1C(=O)Cc1c(Br)cc(C(F)(C(F)(F)F)C(F)(F)F)cc1OC(F)F. The van der Waals surface area contributed by atoms with Crippen molar-refractivity contribution >= 4 is 44.9 Å². The fraction of sp³-hybridized carbons (Fsp3) is 0.231. The number of Topliss-reactive ketones (excluding diaryl/α,β-unsaturated/α-hetero) is 1. The number of ether oxygens (including phenoxy) is 2. The van der Waals surface area contributed by atoms with E-state index in [1.54, 1.807) is 0 Å². The van der Waals surface area contributed by atoms with E-state index < -0.39 is 75.5 Å². The largest absolute Gasteiger partial charge is 0.494 e. The highest BCUT2D eigenvalue weighted by Gasteiger charge is 2.73. The zero-order valence-corrected chi connectivity index (χ0v) is 23.4. The summed E-state index contributed by atoms with van der Waals surface area (Å²) in [5.74, 6) is -4.67.